The third-order valence-electron chi connectivity index (χ3n) is 1.70. The summed E-state index contributed by atoms with van der Waals surface area (Å²) >= 11 is 6.75. The topological polar surface area (TPSA) is 69.6 Å². The maximum atomic E-state index is 10.9. The van der Waals surface area contributed by atoms with Crippen molar-refractivity contribution in [1.82, 2.24) is 0 Å². The van der Waals surface area contributed by atoms with Gasteiger partial charge in [-0.1, -0.05) is 6.07 Å². The molecule has 2 N–H and O–H groups in total. The van der Waals surface area contributed by atoms with Gasteiger partial charge in [-0.2, -0.15) is 8.42 Å². The van der Waals surface area contributed by atoms with Crippen molar-refractivity contribution >= 4 is 45.4 Å². The van der Waals surface area contributed by atoms with E-state index in [9.17, 15) is 8.42 Å². The van der Waals surface area contributed by atoms with Crippen LogP contribution in [-0.2, 0) is 10.1 Å². The van der Waals surface area contributed by atoms with Crippen molar-refractivity contribution in [3.63, 3.8) is 0 Å². The maximum absolute atomic E-state index is 10.9. The molecule has 1 heterocycles. The van der Waals surface area contributed by atoms with Crippen molar-refractivity contribution in [3.8, 4) is 0 Å². The number of benzene rings is 1. The lowest BCUT2D eigenvalue weighted by Crippen LogP contribution is -2.00. The van der Waals surface area contributed by atoms with Crippen LogP contribution in [0, 0.1) is 0 Å². The third-order valence-corrected chi connectivity index (χ3v) is 3.64. The zero-order valence-electron chi connectivity index (χ0n) is 6.64. The van der Waals surface area contributed by atoms with Crippen molar-refractivity contribution in [2.45, 2.75) is 4.90 Å². The summed E-state index contributed by atoms with van der Waals surface area (Å²) in [7, 11) is -4.21. The van der Waals surface area contributed by atoms with Crippen LogP contribution in [-0.4, -0.2) is 13.0 Å². The maximum Gasteiger partial charge on any atom is 0.296 e. The molecule has 0 aromatic heterocycles. The molecule has 1 aliphatic heterocycles. The minimum Gasteiger partial charge on any atom is -0.308 e. The summed E-state index contributed by atoms with van der Waals surface area (Å²) in [5.74, 6) is 0. The number of fused-ring (bicyclic) bond motifs is 1. The molecule has 0 atom stereocenters. The minimum absolute atomic E-state index is 0.175. The Bertz CT molecular complexity index is 476. The van der Waals surface area contributed by atoms with Gasteiger partial charge in [0, 0.05) is 11.8 Å². The molecule has 0 amide bonds. The second-order valence-electron chi connectivity index (χ2n) is 2.56. The van der Waals surface area contributed by atoms with Gasteiger partial charge in [-0.05, 0) is 12.1 Å². The van der Waals surface area contributed by atoms with Crippen LogP contribution in [0.15, 0.2) is 23.1 Å². The first-order valence-electron chi connectivity index (χ1n) is 3.49. The van der Waals surface area contributed by atoms with Crippen LogP contribution in [0.25, 0.3) is 0 Å². The number of nitrogens with one attached hydrogen (secondary N) is 1. The van der Waals surface area contributed by atoms with E-state index < -0.39 is 10.1 Å². The van der Waals surface area contributed by atoms with E-state index in [1.54, 1.807) is 6.07 Å². The average Bonchev–Trinajstić information content (AvgIpc) is 2.46. The first kappa shape index (κ1) is 9.91. The molecule has 1 aromatic rings. The number of hydrogen-bond acceptors (Lipinski definition) is 5. The molecule has 5 nitrogen and oxygen atoms in total. The molecule has 0 saturated heterocycles. The first-order chi connectivity index (χ1) is 6.50. The van der Waals surface area contributed by atoms with E-state index in [0.29, 0.717) is 11.4 Å². The lowest BCUT2D eigenvalue weighted by Gasteiger charge is -2.04. The highest BCUT2D eigenvalue weighted by molar-refractivity contribution is 8.03. The van der Waals surface area contributed by atoms with E-state index in [0.717, 1.165) is 12.1 Å². The van der Waals surface area contributed by atoms with Crippen molar-refractivity contribution in [2.24, 2.45) is 0 Å². The van der Waals surface area contributed by atoms with E-state index in [1.165, 1.54) is 16.0 Å². The van der Waals surface area contributed by atoms with Crippen LogP contribution < -0.4 is 8.55 Å². The Morgan fingerprint density at radius 3 is 2.86 bits per heavy atom. The highest BCUT2D eigenvalue weighted by Crippen LogP contribution is 2.43. The molecule has 1 aliphatic rings. The summed E-state index contributed by atoms with van der Waals surface area (Å²) in [5, 5.41) is 0. The van der Waals surface area contributed by atoms with Gasteiger partial charge < -0.3 is 4.72 Å². The molecule has 0 spiro atoms. The summed E-state index contributed by atoms with van der Waals surface area (Å²) in [5.41, 5.74) is 0.807. The van der Waals surface area contributed by atoms with E-state index in [2.05, 4.69) is 4.72 Å². The highest BCUT2D eigenvalue weighted by atomic mass is 35.5. The SMILES string of the molecule is O=S(=O)(O)c1cccc2c1NSN2Cl. The fourth-order valence-corrected chi connectivity index (χ4v) is 2.73. The van der Waals surface area contributed by atoms with Gasteiger partial charge in [-0.3, -0.25) is 4.55 Å². The van der Waals surface area contributed by atoms with Crippen molar-refractivity contribution in [2.75, 3.05) is 8.55 Å². The molecule has 1 aromatic carbocycles. The molecule has 0 fully saturated rings. The Kier molecular flexibility index (Phi) is 2.26. The van der Waals surface area contributed by atoms with Gasteiger partial charge in [-0.25, -0.2) is 3.82 Å². The lowest BCUT2D eigenvalue weighted by molar-refractivity contribution is 0.483. The van der Waals surface area contributed by atoms with Crippen LogP contribution in [0.5, 0.6) is 0 Å². The van der Waals surface area contributed by atoms with Gasteiger partial charge in [0.2, 0.25) is 0 Å². The smallest absolute Gasteiger partial charge is 0.296 e. The lowest BCUT2D eigenvalue weighted by atomic mass is 10.3. The van der Waals surface area contributed by atoms with Crippen molar-refractivity contribution in [1.29, 1.82) is 0 Å². The van der Waals surface area contributed by atoms with Gasteiger partial charge in [0.05, 0.1) is 23.5 Å². The Morgan fingerprint density at radius 1 is 1.50 bits per heavy atom. The van der Waals surface area contributed by atoms with Crippen LogP contribution in [0.1, 0.15) is 0 Å². The van der Waals surface area contributed by atoms with E-state index in [4.69, 9.17) is 16.3 Å². The van der Waals surface area contributed by atoms with Gasteiger partial charge >= 0.3 is 0 Å². The largest absolute Gasteiger partial charge is 0.308 e. The Hall–Kier alpha value is -0.630. The number of halogens is 1. The number of nitrogens with zero attached hydrogens (tertiary/aromatic N) is 1. The van der Waals surface area contributed by atoms with Gasteiger partial charge in [0.25, 0.3) is 10.1 Å². The molecule has 0 bridgehead atoms. The molecular weight excluding hydrogens is 248 g/mol. The second kappa shape index (κ2) is 3.20. The standard InChI is InChI=1S/C6H5ClN2O3S2/c7-9-4-2-1-3-5(14(10,11)12)6(4)8-13-9/h1-3,8H,(H,10,11,12). The van der Waals surface area contributed by atoms with Crippen LogP contribution in [0.3, 0.4) is 0 Å². The minimum atomic E-state index is -4.21. The fraction of sp³-hybridized carbons (Fsp3) is 0. The summed E-state index contributed by atoms with van der Waals surface area (Å²) in [6.07, 6.45) is 0. The molecule has 0 aliphatic carbocycles. The quantitative estimate of drug-likeness (QED) is 0.452. The fourth-order valence-electron chi connectivity index (χ4n) is 1.12. The zero-order valence-corrected chi connectivity index (χ0v) is 9.03. The predicted molar refractivity (Wildman–Crippen MR) is 55.8 cm³/mol. The van der Waals surface area contributed by atoms with E-state index in [1.807, 2.05) is 0 Å². The van der Waals surface area contributed by atoms with Crippen LogP contribution in [0.2, 0.25) is 0 Å². The van der Waals surface area contributed by atoms with Gasteiger partial charge in [0.15, 0.2) is 0 Å². The number of rotatable bonds is 1. The Balaban J connectivity index is 2.67. The molecule has 0 radical (unpaired) electrons. The van der Waals surface area contributed by atoms with E-state index >= 15 is 0 Å². The highest BCUT2D eigenvalue weighted by Gasteiger charge is 2.26. The molecular formula is C6H5ClN2O3S2. The third kappa shape index (κ3) is 1.52. The summed E-state index contributed by atoms with van der Waals surface area (Å²) in [4.78, 5) is -0.175. The van der Waals surface area contributed by atoms with Gasteiger partial charge in [-0.15, -0.1) is 0 Å². The summed E-state index contributed by atoms with van der Waals surface area (Å²) < 4.78 is 34.7. The first-order valence-corrected chi connectivity index (χ1v) is 6.04. The van der Waals surface area contributed by atoms with Crippen LogP contribution in [0.4, 0.5) is 11.4 Å². The number of hydrogen-bond donors (Lipinski definition) is 2. The number of anilines is 2. The average molecular weight is 253 g/mol. The second-order valence-corrected chi connectivity index (χ2v) is 5.24. The van der Waals surface area contributed by atoms with Crippen molar-refractivity contribution < 1.29 is 13.0 Å². The number of para-hydroxylation sites is 1. The molecule has 14 heavy (non-hydrogen) atoms. The Labute approximate surface area is 90.2 Å². The molecule has 0 saturated carbocycles. The molecule has 8 heteroatoms. The molecule has 2 rings (SSSR count). The molecule has 0 unspecified atom stereocenters. The zero-order chi connectivity index (χ0) is 10.3. The van der Waals surface area contributed by atoms with E-state index in [-0.39, 0.29) is 4.90 Å². The van der Waals surface area contributed by atoms with Gasteiger partial charge in [0.1, 0.15) is 4.90 Å². The molecule has 76 valence electrons. The predicted octanol–water partition coefficient (Wildman–Crippen LogP) is 1.88. The van der Waals surface area contributed by atoms with Crippen molar-refractivity contribution in [3.05, 3.63) is 18.2 Å². The van der Waals surface area contributed by atoms with Crippen LogP contribution >= 0.6 is 23.9 Å². The summed E-state index contributed by atoms with van der Waals surface area (Å²) in [6, 6.07) is 4.45. The summed E-state index contributed by atoms with van der Waals surface area (Å²) in [6.45, 7) is 0. The normalized spacial score (nSPS) is 15.1. The Morgan fingerprint density at radius 2 is 2.21 bits per heavy atom. The monoisotopic (exact) mass is 252 g/mol.